The molecule has 0 spiro atoms. The number of benzene rings is 1. The van der Waals surface area contributed by atoms with E-state index in [1.165, 1.54) is 0 Å². The first-order valence-corrected chi connectivity index (χ1v) is 7.20. The summed E-state index contributed by atoms with van der Waals surface area (Å²) in [6.45, 7) is 4.97. The molecule has 0 saturated carbocycles. The third-order valence-corrected chi connectivity index (χ3v) is 3.56. The van der Waals surface area contributed by atoms with Gasteiger partial charge in [0.15, 0.2) is 0 Å². The lowest BCUT2D eigenvalue weighted by molar-refractivity contribution is -0.120. The summed E-state index contributed by atoms with van der Waals surface area (Å²) in [4.78, 5) is 25.5. The fourth-order valence-electron chi connectivity index (χ4n) is 2.38. The molecule has 1 heterocycles. The molecule has 1 atom stereocenters. The van der Waals surface area contributed by atoms with Gasteiger partial charge in [-0.15, -0.1) is 12.4 Å². The third kappa shape index (κ3) is 4.11. The van der Waals surface area contributed by atoms with Gasteiger partial charge in [-0.25, -0.2) is 4.79 Å². The second-order valence-electron chi connectivity index (χ2n) is 5.56. The summed E-state index contributed by atoms with van der Waals surface area (Å²) in [5, 5.41) is 5.57. The highest BCUT2D eigenvalue weighted by Crippen LogP contribution is 2.22. The summed E-state index contributed by atoms with van der Waals surface area (Å²) in [5.74, 6) is -0.215. The zero-order chi connectivity index (χ0) is 15.5. The van der Waals surface area contributed by atoms with E-state index in [-0.39, 0.29) is 24.3 Å². The second kappa shape index (κ2) is 7.47. The summed E-state index contributed by atoms with van der Waals surface area (Å²) in [7, 11) is 0. The first-order valence-electron chi connectivity index (χ1n) is 7.20. The Morgan fingerprint density at radius 3 is 2.82 bits per heavy atom. The van der Waals surface area contributed by atoms with Crippen molar-refractivity contribution in [3.05, 3.63) is 24.3 Å². The first-order chi connectivity index (χ1) is 9.94. The highest BCUT2D eigenvalue weighted by atomic mass is 35.5. The van der Waals surface area contributed by atoms with E-state index in [2.05, 4.69) is 10.6 Å². The van der Waals surface area contributed by atoms with Gasteiger partial charge in [0.2, 0.25) is 5.91 Å². The molecule has 1 aromatic carbocycles. The van der Waals surface area contributed by atoms with Gasteiger partial charge in [-0.05, 0) is 31.5 Å². The van der Waals surface area contributed by atoms with Crippen LogP contribution in [0.2, 0.25) is 0 Å². The number of carbonyl (C=O) groups is 2. The molecule has 22 heavy (non-hydrogen) atoms. The van der Waals surface area contributed by atoms with Gasteiger partial charge in [0, 0.05) is 24.5 Å². The Kier molecular flexibility index (Phi) is 6.20. The van der Waals surface area contributed by atoms with Crippen molar-refractivity contribution >= 4 is 35.7 Å². The van der Waals surface area contributed by atoms with Gasteiger partial charge in [0.1, 0.15) is 0 Å². The van der Waals surface area contributed by atoms with Crippen LogP contribution in [0.25, 0.3) is 0 Å². The molecule has 1 aliphatic heterocycles. The minimum atomic E-state index is -0.893. The van der Waals surface area contributed by atoms with Crippen molar-refractivity contribution < 1.29 is 9.59 Å². The van der Waals surface area contributed by atoms with E-state index in [9.17, 15) is 9.59 Å². The van der Waals surface area contributed by atoms with Crippen LogP contribution in [0.4, 0.5) is 16.2 Å². The molecule has 1 unspecified atom stereocenters. The monoisotopic (exact) mass is 326 g/mol. The van der Waals surface area contributed by atoms with E-state index in [0.29, 0.717) is 25.2 Å². The Labute approximate surface area is 136 Å². The van der Waals surface area contributed by atoms with Gasteiger partial charge in [-0.1, -0.05) is 19.4 Å². The predicted octanol–water partition coefficient (Wildman–Crippen LogP) is 2.09. The van der Waals surface area contributed by atoms with Crippen LogP contribution in [0.1, 0.15) is 26.7 Å². The minimum Gasteiger partial charge on any atom is -0.336 e. The smallest absolute Gasteiger partial charge is 0.321 e. The Hall–Kier alpha value is -1.79. The zero-order valence-corrected chi connectivity index (χ0v) is 13.7. The second-order valence-corrected chi connectivity index (χ2v) is 5.56. The molecule has 0 radical (unpaired) electrons. The van der Waals surface area contributed by atoms with Crippen molar-refractivity contribution in [1.29, 1.82) is 0 Å². The van der Waals surface area contributed by atoms with Gasteiger partial charge < -0.3 is 16.4 Å². The molecule has 4 N–H and O–H groups in total. The lowest BCUT2D eigenvalue weighted by Crippen LogP contribution is -2.48. The zero-order valence-electron chi connectivity index (χ0n) is 12.9. The molecule has 122 valence electrons. The van der Waals surface area contributed by atoms with Crippen LogP contribution >= 0.6 is 12.4 Å². The summed E-state index contributed by atoms with van der Waals surface area (Å²) in [6.07, 6.45) is 1.46. The SMILES string of the molecule is CCCC(C)(N)C(=O)Nc1cccc(N2CCNC2=O)c1.Cl. The van der Waals surface area contributed by atoms with E-state index >= 15 is 0 Å². The summed E-state index contributed by atoms with van der Waals surface area (Å²) < 4.78 is 0. The number of rotatable bonds is 5. The van der Waals surface area contributed by atoms with Gasteiger partial charge in [0.25, 0.3) is 0 Å². The molecule has 7 heteroatoms. The maximum atomic E-state index is 12.2. The van der Waals surface area contributed by atoms with Gasteiger partial charge in [-0.3, -0.25) is 9.69 Å². The molecule has 1 saturated heterocycles. The largest absolute Gasteiger partial charge is 0.336 e. The highest BCUT2D eigenvalue weighted by molar-refractivity contribution is 5.99. The number of nitrogens with one attached hydrogen (secondary N) is 2. The topological polar surface area (TPSA) is 87.5 Å². The van der Waals surface area contributed by atoms with Crippen molar-refractivity contribution in [2.24, 2.45) is 5.73 Å². The van der Waals surface area contributed by atoms with Crippen molar-refractivity contribution in [3.63, 3.8) is 0 Å². The van der Waals surface area contributed by atoms with Gasteiger partial charge in [0.05, 0.1) is 5.54 Å². The predicted molar refractivity (Wildman–Crippen MR) is 90.6 cm³/mol. The van der Waals surface area contributed by atoms with Crippen molar-refractivity contribution in [2.45, 2.75) is 32.2 Å². The molecule has 6 nitrogen and oxygen atoms in total. The fourth-order valence-corrected chi connectivity index (χ4v) is 2.38. The van der Waals surface area contributed by atoms with E-state index in [0.717, 1.165) is 12.1 Å². The number of halogens is 1. The summed E-state index contributed by atoms with van der Waals surface area (Å²) >= 11 is 0. The van der Waals surface area contributed by atoms with Gasteiger partial charge >= 0.3 is 6.03 Å². The molecule has 0 aromatic heterocycles. The Balaban J connectivity index is 0.00000242. The van der Waals surface area contributed by atoms with E-state index in [4.69, 9.17) is 5.73 Å². The number of carbonyl (C=O) groups excluding carboxylic acids is 2. The highest BCUT2D eigenvalue weighted by Gasteiger charge is 2.27. The maximum absolute atomic E-state index is 12.2. The molecule has 2 rings (SSSR count). The Morgan fingerprint density at radius 1 is 1.50 bits per heavy atom. The number of amides is 3. The average Bonchev–Trinajstić information content (AvgIpc) is 2.85. The van der Waals surface area contributed by atoms with Crippen molar-refractivity contribution in [2.75, 3.05) is 23.3 Å². The number of nitrogens with zero attached hydrogens (tertiary/aromatic N) is 1. The minimum absolute atomic E-state index is 0. The third-order valence-electron chi connectivity index (χ3n) is 3.56. The molecule has 3 amide bonds. The normalized spacial score (nSPS) is 16.5. The van der Waals surface area contributed by atoms with E-state index < -0.39 is 5.54 Å². The molecule has 1 aliphatic rings. The maximum Gasteiger partial charge on any atom is 0.321 e. The average molecular weight is 327 g/mol. The number of nitrogens with two attached hydrogens (primary N) is 1. The van der Waals surface area contributed by atoms with Crippen molar-refractivity contribution in [3.8, 4) is 0 Å². The summed E-state index contributed by atoms with van der Waals surface area (Å²) in [5.41, 5.74) is 6.53. The molecule has 0 bridgehead atoms. The molecular weight excluding hydrogens is 304 g/mol. The standard InChI is InChI=1S/C15H22N4O2.ClH/c1-3-7-15(2,16)13(20)18-11-5-4-6-12(10-11)19-9-8-17-14(19)21;/h4-6,10H,3,7-9,16H2,1-2H3,(H,17,21)(H,18,20);1H. The number of anilines is 2. The fraction of sp³-hybridized carbons (Fsp3) is 0.467. The van der Waals surface area contributed by atoms with Crippen LogP contribution in [-0.2, 0) is 4.79 Å². The van der Waals surface area contributed by atoms with Crippen LogP contribution < -0.4 is 21.3 Å². The Bertz CT molecular complexity index is 548. The quantitative estimate of drug-likeness (QED) is 0.774. The summed E-state index contributed by atoms with van der Waals surface area (Å²) in [6, 6.07) is 7.11. The number of hydrogen-bond acceptors (Lipinski definition) is 3. The first kappa shape index (κ1) is 18.3. The van der Waals surface area contributed by atoms with Crippen LogP contribution in [-0.4, -0.2) is 30.6 Å². The number of urea groups is 1. The van der Waals surface area contributed by atoms with E-state index in [1.807, 2.05) is 19.1 Å². The van der Waals surface area contributed by atoms with Gasteiger partial charge in [-0.2, -0.15) is 0 Å². The lowest BCUT2D eigenvalue weighted by Gasteiger charge is -2.23. The molecule has 0 aliphatic carbocycles. The molecule has 1 aromatic rings. The lowest BCUT2D eigenvalue weighted by atomic mass is 9.96. The van der Waals surface area contributed by atoms with Crippen molar-refractivity contribution in [1.82, 2.24) is 5.32 Å². The molecule has 1 fully saturated rings. The molecular formula is C15H23ClN4O2. The van der Waals surface area contributed by atoms with Crippen LogP contribution in [0.15, 0.2) is 24.3 Å². The number of hydrogen-bond donors (Lipinski definition) is 3. The Morgan fingerprint density at radius 2 is 2.23 bits per heavy atom. The van der Waals surface area contributed by atoms with E-state index in [1.54, 1.807) is 24.0 Å². The van der Waals surface area contributed by atoms with Crippen LogP contribution in [0, 0.1) is 0 Å². The van der Waals surface area contributed by atoms with Crippen LogP contribution in [0.3, 0.4) is 0 Å². The van der Waals surface area contributed by atoms with Crippen LogP contribution in [0.5, 0.6) is 0 Å².